The minimum atomic E-state index is -0.0811. The SMILES string of the molecule is COc1cccc(Cl)c1C(=O)CBr. The van der Waals surface area contributed by atoms with Gasteiger partial charge in [0.25, 0.3) is 0 Å². The average molecular weight is 264 g/mol. The third-order valence-electron chi connectivity index (χ3n) is 1.60. The summed E-state index contributed by atoms with van der Waals surface area (Å²) >= 11 is 8.95. The van der Waals surface area contributed by atoms with Gasteiger partial charge in [-0.25, -0.2) is 0 Å². The van der Waals surface area contributed by atoms with E-state index in [1.54, 1.807) is 18.2 Å². The topological polar surface area (TPSA) is 26.3 Å². The van der Waals surface area contributed by atoms with Gasteiger partial charge in [0, 0.05) is 0 Å². The first kappa shape index (κ1) is 10.5. The van der Waals surface area contributed by atoms with Gasteiger partial charge >= 0.3 is 0 Å². The summed E-state index contributed by atoms with van der Waals surface area (Å²) in [4.78, 5) is 11.4. The Bertz CT molecular complexity index is 325. The summed E-state index contributed by atoms with van der Waals surface area (Å²) in [6.45, 7) is 0. The van der Waals surface area contributed by atoms with Crippen LogP contribution in [0.15, 0.2) is 18.2 Å². The van der Waals surface area contributed by atoms with E-state index < -0.39 is 0 Å². The number of hydrogen-bond acceptors (Lipinski definition) is 2. The van der Waals surface area contributed by atoms with Crippen molar-refractivity contribution in [1.29, 1.82) is 0 Å². The first-order valence-corrected chi connectivity index (χ1v) is 5.12. The number of Topliss-reactive ketones (excluding diaryl/α,β-unsaturated/α-hetero) is 1. The normalized spacial score (nSPS) is 9.77. The molecular formula is C9H8BrClO2. The minimum Gasteiger partial charge on any atom is -0.496 e. The van der Waals surface area contributed by atoms with E-state index in [9.17, 15) is 4.79 Å². The maximum Gasteiger partial charge on any atom is 0.178 e. The second-order valence-corrected chi connectivity index (χ2v) is 3.34. The van der Waals surface area contributed by atoms with Crippen molar-refractivity contribution in [3.63, 3.8) is 0 Å². The molecule has 0 aliphatic heterocycles. The number of benzene rings is 1. The fourth-order valence-corrected chi connectivity index (χ4v) is 1.56. The summed E-state index contributed by atoms with van der Waals surface area (Å²) < 4.78 is 5.02. The number of hydrogen-bond donors (Lipinski definition) is 0. The molecule has 0 heterocycles. The zero-order chi connectivity index (χ0) is 9.84. The third-order valence-corrected chi connectivity index (χ3v) is 2.42. The quantitative estimate of drug-likeness (QED) is 0.619. The van der Waals surface area contributed by atoms with Crippen molar-refractivity contribution >= 4 is 33.3 Å². The molecule has 0 aliphatic rings. The summed E-state index contributed by atoms with van der Waals surface area (Å²) in [5.41, 5.74) is 0.434. The monoisotopic (exact) mass is 262 g/mol. The zero-order valence-electron chi connectivity index (χ0n) is 7.01. The highest BCUT2D eigenvalue weighted by molar-refractivity contribution is 9.09. The van der Waals surface area contributed by atoms with Crippen LogP contribution in [0, 0.1) is 0 Å². The van der Waals surface area contributed by atoms with Gasteiger partial charge in [0.15, 0.2) is 5.78 Å². The van der Waals surface area contributed by atoms with E-state index in [1.165, 1.54) is 7.11 Å². The number of carbonyl (C=O) groups is 1. The van der Waals surface area contributed by atoms with Crippen LogP contribution in [0.1, 0.15) is 10.4 Å². The van der Waals surface area contributed by atoms with Crippen LogP contribution in [-0.2, 0) is 0 Å². The summed E-state index contributed by atoms with van der Waals surface area (Å²) in [6, 6.07) is 5.12. The number of ketones is 1. The second-order valence-electron chi connectivity index (χ2n) is 2.37. The van der Waals surface area contributed by atoms with E-state index in [2.05, 4.69) is 15.9 Å². The predicted octanol–water partition coefficient (Wildman–Crippen LogP) is 2.93. The highest BCUT2D eigenvalue weighted by atomic mass is 79.9. The van der Waals surface area contributed by atoms with E-state index in [-0.39, 0.29) is 11.1 Å². The summed E-state index contributed by atoms with van der Waals surface area (Å²) in [5, 5.41) is 0.663. The number of alkyl halides is 1. The molecule has 0 amide bonds. The molecule has 2 nitrogen and oxygen atoms in total. The highest BCUT2D eigenvalue weighted by Crippen LogP contribution is 2.26. The van der Waals surface area contributed by atoms with Crippen molar-refractivity contribution in [3.8, 4) is 5.75 Å². The van der Waals surface area contributed by atoms with Crippen molar-refractivity contribution in [3.05, 3.63) is 28.8 Å². The van der Waals surface area contributed by atoms with Gasteiger partial charge in [0.2, 0.25) is 0 Å². The van der Waals surface area contributed by atoms with Crippen molar-refractivity contribution in [1.82, 2.24) is 0 Å². The Morgan fingerprint density at radius 1 is 1.62 bits per heavy atom. The molecule has 0 unspecified atom stereocenters. The van der Waals surface area contributed by atoms with Crippen LogP contribution in [0.5, 0.6) is 5.75 Å². The lowest BCUT2D eigenvalue weighted by molar-refractivity contribution is 0.102. The largest absolute Gasteiger partial charge is 0.496 e. The number of ether oxygens (including phenoxy) is 1. The Hall–Kier alpha value is -0.540. The number of rotatable bonds is 3. The van der Waals surface area contributed by atoms with Gasteiger partial charge in [-0.3, -0.25) is 4.79 Å². The molecule has 0 fully saturated rings. The van der Waals surface area contributed by atoms with Crippen molar-refractivity contribution in [2.45, 2.75) is 0 Å². The average Bonchev–Trinajstić information content (AvgIpc) is 2.16. The van der Waals surface area contributed by atoms with Crippen LogP contribution in [0.25, 0.3) is 0 Å². The summed E-state index contributed by atoms with van der Waals surface area (Å²) in [5.74, 6) is 0.430. The fourth-order valence-electron chi connectivity index (χ4n) is 1.01. The predicted molar refractivity (Wildman–Crippen MR) is 56.1 cm³/mol. The smallest absolute Gasteiger partial charge is 0.178 e. The number of carbonyl (C=O) groups excluding carboxylic acids is 1. The van der Waals surface area contributed by atoms with Crippen LogP contribution in [0.4, 0.5) is 0 Å². The lowest BCUT2D eigenvalue weighted by Crippen LogP contribution is -2.03. The molecule has 1 aromatic rings. The molecule has 0 radical (unpaired) electrons. The zero-order valence-corrected chi connectivity index (χ0v) is 9.35. The first-order valence-electron chi connectivity index (χ1n) is 3.62. The lowest BCUT2D eigenvalue weighted by Gasteiger charge is -2.07. The lowest BCUT2D eigenvalue weighted by atomic mass is 10.1. The van der Waals surface area contributed by atoms with Crippen LogP contribution in [-0.4, -0.2) is 18.2 Å². The molecule has 0 saturated carbocycles. The molecule has 4 heteroatoms. The highest BCUT2D eigenvalue weighted by Gasteiger charge is 2.14. The Balaban J connectivity index is 3.22. The molecule has 70 valence electrons. The molecule has 0 bridgehead atoms. The maximum atomic E-state index is 11.4. The molecule has 13 heavy (non-hydrogen) atoms. The van der Waals surface area contributed by atoms with Crippen LogP contribution in [0.2, 0.25) is 5.02 Å². The second kappa shape index (κ2) is 4.63. The summed E-state index contributed by atoms with van der Waals surface area (Å²) in [7, 11) is 1.51. The maximum absolute atomic E-state index is 11.4. The van der Waals surface area contributed by atoms with Crippen LogP contribution >= 0.6 is 27.5 Å². The van der Waals surface area contributed by atoms with Gasteiger partial charge in [0.1, 0.15) is 5.75 Å². The first-order chi connectivity index (χ1) is 6.20. The Morgan fingerprint density at radius 3 is 2.85 bits per heavy atom. The van der Waals surface area contributed by atoms with Gasteiger partial charge in [-0.1, -0.05) is 33.6 Å². The van der Waals surface area contributed by atoms with E-state index in [4.69, 9.17) is 16.3 Å². The van der Waals surface area contributed by atoms with Crippen LogP contribution in [0.3, 0.4) is 0 Å². The molecule has 0 atom stereocenters. The molecule has 1 aromatic carbocycles. The van der Waals surface area contributed by atoms with Crippen molar-refractivity contribution in [2.24, 2.45) is 0 Å². The van der Waals surface area contributed by atoms with E-state index >= 15 is 0 Å². The van der Waals surface area contributed by atoms with Gasteiger partial charge < -0.3 is 4.74 Å². The van der Waals surface area contributed by atoms with Gasteiger partial charge in [-0.05, 0) is 12.1 Å². The molecule has 1 rings (SSSR count). The Kier molecular flexibility index (Phi) is 3.75. The van der Waals surface area contributed by atoms with Crippen LogP contribution < -0.4 is 4.74 Å². The molecule has 0 aromatic heterocycles. The summed E-state index contributed by atoms with van der Waals surface area (Å²) in [6.07, 6.45) is 0. The van der Waals surface area contributed by atoms with Crippen molar-refractivity contribution < 1.29 is 9.53 Å². The molecule has 0 aliphatic carbocycles. The Morgan fingerprint density at radius 2 is 2.31 bits per heavy atom. The fraction of sp³-hybridized carbons (Fsp3) is 0.222. The van der Waals surface area contributed by atoms with E-state index in [0.717, 1.165) is 0 Å². The standard InChI is InChI=1S/C9H8BrClO2/c1-13-8-4-2-3-6(11)9(8)7(12)5-10/h2-4H,5H2,1H3. The number of halogens is 2. The van der Waals surface area contributed by atoms with Gasteiger partial charge in [-0.15, -0.1) is 0 Å². The number of methoxy groups -OCH3 is 1. The molecule has 0 N–H and O–H groups in total. The minimum absolute atomic E-state index is 0.0811. The molecule has 0 saturated heterocycles. The molecule has 0 spiro atoms. The van der Waals surface area contributed by atoms with Gasteiger partial charge in [-0.2, -0.15) is 0 Å². The van der Waals surface area contributed by atoms with Crippen molar-refractivity contribution in [2.75, 3.05) is 12.4 Å². The third kappa shape index (κ3) is 2.23. The van der Waals surface area contributed by atoms with E-state index in [0.29, 0.717) is 16.3 Å². The van der Waals surface area contributed by atoms with Gasteiger partial charge in [0.05, 0.1) is 23.0 Å². The Labute approximate surface area is 90.0 Å². The molecular weight excluding hydrogens is 255 g/mol. The van der Waals surface area contributed by atoms with E-state index in [1.807, 2.05) is 0 Å².